The number of rotatable bonds is 6. The lowest BCUT2D eigenvalue weighted by atomic mass is 9.96. The first-order chi connectivity index (χ1) is 25.7. The first kappa shape index (κ1) is 32.6. The molecular weight excluding hydrogens is 645 g/mol. The van der Waals surface area contributed by atoms with Crippen molar-refractivity contribution in [3.05, 3.63) is 179 Å². The summed E-state index contributed by atoms with van der Waals surface area (Å²) in [7, 11) is 0. The number of anilines is 6. The van der Waals surface area contributed by atoms with Crippen LogP contribution in [0.3, 0.4) is 0 Å². The molecule has 0 unspecified atom stereocenters. The van der Waals surface area contributed by atoms with Gasteiger partial charge in [-0.3, -0.25) is 0 Å². The van der Waals surface area contributed by atoms with Gasteiger partial charge in [-0.15, -0.1) is 0 Å². The van der Waals surface area contributed by atoms with E-state index in [2.05, 4.69) is 197 Å². The number of furan rings is 1. The summed E-state index contributed by atoms with van der Waals surface area (Å²) in [5, 5.41) is 6.97. The van der Waals surface area contributed by atoms with Crippen LogP contribution in [0, 0.1) is 41.5 Å². The van der Waals surface area contributed by atoms with Gasteiger partial charge in [0.15, 0.2) is 0 Å². The van der Waals surface area contributed by atoms with E-state index in [9.17, 15) is 0 Å². The van der Waals surface area contributed by atoms with Crippen LogP contribution < -0.4 is 9.80 Å². The van der Waals surface area contributed by atoms with Gasteiger partial charge in [-0.1, -0.05) is 108 Å². The Morgan fingerprint density at radius 1 is 0.340 bits per heavy atom. The molecule has 0 radical (unpaired) electrons. The van der Waals surface area contributed by atoms with E-state index in [0.717, 1.165) is 56.1 Å². The quantitative estimate of drug-likeness (QED) is 0.174. The van der Waals surface area contributed by atoms with Crippen molar-refractivity contribution in [2.24, 2.45) is 0 Å². The van der Waals surface area contributed by atoms with Crippen molar-refractivity contribution in [3.8, 4) is 0 Å². The van der Waals surface area contributed by atoms with Gasteiger partial charge in [0.25, 0.3) is 0 Å². The fourth-order valence-corrected chi connectivity index (χ4v) is 8.29. The molecule has 0 spiro atoms. The number of aryl methyl sites for hydroxylation is 6. The normalized spacial score (nSPS) is 11.6. The van der Waals surface area contributed by atoms with E-state index < -0.39 is 0 Å². The first-order valence-electron chi connectivity index (χ1n) is 18.4. The molecule has 3 heteroatoms. The van der Waals surface area contributed by atoms with Crippen molar-refractivity contribution in [3.63, 3.8) is 0 Å². The SMILES string of the molecule is Cc1cccc(N(c2ccc(C)cc2C)c2cc3oc4cc(N(c5cccc(C)c5)c5ccc(C)cc5C)c5ccccc5c4c3c3ccccc23)c1. The van der Waals surface area contributed by atoms with Gasteiger partial charge in [0, 0.05) is 56.4 Å². The standard InChI is InChI=1S/C50H42N2O/c1-31-13-11-15-37(27-31)51(43-23-21-33(3)25-35(43)5)45-29-47-49(41-19-9-7-17-39(41)45)50-42-20-10-8-18-40(42)46(30-48(50)53-47)52(38-16-12-14-32(2)28-38)44-24-22-34(4)26-36(44)6/h7-30H,1-6H3. The summed E-state index contributed by atoms with van der Waals surface area (Å²) in [6.45, 7) is 13.0. The van der Waals surface area contributed by atoms with Crippen molar-refractivity contribution < 1.29 is 4.42 Å². The Morgan fingerprint density at radius 3 is 1.13 bits per heavy atom. The zero-order valence-corrected chi connectivity index (χ0v) is 31.2. The average Bonchev–Trinajstić information content (AvgIpc) is 3.52. The van der Waals surface area contributed by atoms with Crippen LogP contribution in [0.25, 0.3) is 43.5 Å². The highest BCUT2D eigenvalue weighted by Gasteiger charge is 2.25. The number of hydrogen-bond acceptors (Lipinski definition) is 3. The molecule has 0 atom stereocenters. The topological polar surface area (TPSA) is 19.6 Å². The molecule has 0 amide bonds. The van der Waals surface area contributed by atoms with Gasteiger partial charge < -0.3 is 14.2 Å². The lowest BCUT2D eigenvalue weighted by Crippen LogP contribution is -2.12. The predicted molar refractivity (Wildman–Crippen MR) is 227 cm³/mol. The van der Waals surface area contributed by atoms with Crippen LogP contribution in [0.15, 0.2) is 150 Å². The van der Waals surface area contributed by atoms with Gasteiger partial charge >= 0.3 is 0 Å². The van der Waals surface area contributed by atoms with Crippen molar-refractivity contribution in [2.75, 3.05) is 9.80 Å². The van der Waals surface area contributed by atoms with Crippen LogP contribution in [0.5, 0.6) is 0 Å². The zero-order chi connectivity index (χ0) is 36.4. The Bertz CT molecular complexity index is 2680. The average molecular weight is 687 g/mol. The lowest BCUT2D eigenvalue weighted by molar-refractivity contribution is 0.669. The Balaban J connectivity index is 1.37. The van der Waals surface area contributed by atoms with Crippen molar-refractivity contribution in [1.82, 2.24) is 0 Å². The molecule has 0 aliphatic carbocycles. The van der Waals surface area contributed by atoms with Gasteiger partial charge in [-0.25, -0.2) is 0 Å². The molecule has 1 heterocycles. The van der Waals surface area contributed by atoms with Crippen LogP contribution in [0.1, 0.15) is 33.4 Å². The monoisotopic (exact) mass is 686 g/mol. The summed E-state index contributed by atoms with van der Waals surface area (Å²) in [4.78, 5) is 4.81. The van der Waals surface area contributed by atoms with Crippen molar-refractivity contribution in [2.45, 2.75) is 41.5 Å². The number of fused-ring (bicyclic) bond motifs is 7. The maximum absolute atomic E-state index is 7.09. The van der Waals surface area contributed by atoms with E-state index in [1.165, 1.54) is 54.9 Å². The number of benzene rings is 8. The predicted octanol–water partition coefficient (Wildman–Crippen LogP) is 14.7. The summed E-state index contributed by atoms with van der Waals surface area (Å²) in [5.41, 5.74) is 15.8. The fourth-order valence-electron chi connectivity index (χ4n) is 8.29. The van der Waals surface area contributed by atoms with Gasteiger partial charge in [0.05, 0.1) is 11.4 Å². The Kier molecular flexibility index (Phi) is 7.82. The molecule has 9 aromatic rings. The molecule has 258 valence electrons. The first-order valence-corrected chi connectivity index (χ1v) is 18.4. The van der Waals surface area contributed by atoms with E-state index in [-0.39, 0.29) is 0 Å². The minimum absolute atomic E-state index is 0.868. The summed E-state index contributed by atoms with van der Waals surface area (Å²) >= 11 is 0. The lowest BCUT2D eigenvalue weighted by Gasteiger charge is -2.29. The van der Waals surface area contributed by atoms with Crippen LogP contribution in [-0.2, 0) is 0 Å². The summed E-state index contributed by atoms with van der Waals surface area (Å²) < 4.78 is 7.09. The highest BCUT2D eigenvalue weighted by atomic mass is 16.3. The fraction of sp³-hybridized carbons (Fsp3) is 0.120. The van der Waals surface area contributed by atoms with Gasteiger partial charge in [-0.2, -0.15) is 0 Å². The molecule has 0 bridgehead atoms. The maximum atomic E-state index is 7.09. The van der Waals surface area contributed by atoms with E-state index in [4.69, 9.17) is 4.42 Å². The van der Waals surface area contributed by atoms with E-state index in [1.54, 1.807) is 0 Å². The van der Waals surface area contributed by atoms with E-state index in [1.807, 2.05) is 0 Å². The molecule has 0 aliphatic rings. The summed E-state index contributed by atoms with van der Waals surface area (Å²) in [5.74, 6) is 0. The molecule has 0 fully saturated rings. The van der Waals surface area contributed by atoms with Crippen LogP contribution >= 0.6 is 0 Å². The second-order valence-electron chi connectivity index (χ2n) is 14.7. The second-order valence-corrected chi connectivity index (χ2v) is 14.7. The minimum Gasteiger partial charge on any atom is -0.456 e. The van der Waals surface area contributed by atoms with Crippen molar-refractivity contribution >= 4 is 77.6 Å². The van der Waals surface area contributed by atoms with Gasteiger partial charge in [0.2, 0.25) is 0 Å². The third-order valence-corrected chi connectivity index (χ3v) is 10.6. The Morgan fingerprint density at radius 2 is 0.736 bits per heavy atom. The zero-order valence-electron chi connectivity index (χ0n) is 31.2. The minimum atomic E-state index is 0.868. The van der Waals surface area contributed by atoms with Crippen LogP contribution in [-0.4, -0.2) is 0 Å². The van der Waals surface area contributed by atoms with E-state index in [0.29, 0.717) is 0 Å². The molecule has 1 aromatic heterocycles. The third kappa shape index (κ3) is 5.52. The molecule has 53 heavy (non-hydrogen) atoms. The smallest absolute Gasteiger partial charge is 0.138 e. The number of hydrogen-bond donors (Lipinski definition) is 0. The van der Waals surface area contributed by atoms with Crippen LogP contribution in [0.4, 0.5) is 34.1 Å². The third-order valence-electron chi connectivity index (χ3n) is 10.6. The molecule has 8 aromatic carbocycles. The molecule has 0 aliphatic heterocycles. The van der Waals surface area contributed by atoms with Crippen molar-refractivity contribution in [1.29, 1.82) is 0 Å². The molecule has 0 N–H and O–H groups in total. The largest absolute Gasteiger partial charge is 0.456 e. The molecule has 0 saturated heterocycles. The molecule has 0 saturated carbocycles. The Labute approximate surface area is 311 Å². The maximum Gasteiger partial charge on any atom is 0.138 e. The highest BCUT2D eigenvalue weighted by molar-refractivity contribution is 6.30. The molecule has 3 nitrogen and oxygen atoms in total. The Hall–Kier alpha value is -6.32. The number of nitrogens with zero attached hydrogens (tertiary/aromatic N) is 2. The molecular formula is C50H42N2O. The van der Waals surface area contributed by atoms with Gasteiger partial charge in [0.1, 0.15) is 11.2 Å². The highest BCUT2D eigenvalue weighted by Crippen LogP contribution is 2.49. The molecule has 9 rings (SSSR count). The summed E-state index contributed by atoms with van der Waals surface area (Å²) in [6, 6.07) is 53.1. The van der Waals surface area contributed by atoms with Gasteiger partial charge in [-0.05, 0) is 111 Å². The second kappa shape index (κ2) is 12.7. The summed E-state index contributed by atoms with van der Waals surface area (Å²) in [6.07, 6.45) is 0. The van der Waals surface area contributed by atoms with Crippen LogP contribution in [0.2, 0.25) is 0 Å². The van der Waals surface area contributed by atoms with E-state index >= 15 is 0 Å².